The van der Waals surface area contributed by atoms with Crippen LogP contribution < -0.4 is 4.90 Å². The molecule has 2 aromatic carbocycles. The molecule has 0 bridgehead atoms. The summed E-state index contributed by atoms with van der Waals surface area (Å²) >= 11 is 0. The average molecular weight is 257 g/mol. The molecule has 2 nitrogen and oxygen atoms in total. The van der Waals surface area contributed by atoms with Crippen LogP contribution in [-0.4, -0.2) is 11.7 Å². The van der Waals surface area contributed by atoms with Crippen molar-refractivity contribution in [1.82, 2.24) is 0 Å². The molecule has 0 amide bonds. The summed E-state index contributed by atoms with van der Waals surface area (Å²) in [5.74, 6) is -0.282. The highest BCUT2D eigenvalue weighted by atomic mass is 19.1. The van der Waals surface area contributed by atoms with E-state index in [4.69, 9.17) is 0 Å². The largest absolute Gasteiger partial charge is 0.389 e. The molecule has 1 N–H and O–H groups in total. The van der Waals surface area contributed by atoms with Crippen molar-refractivity contribution in [2.75, 3.05) is 11.4 Å². The molecule has 0 aliphatic carbocycles. The van der Waals surface area contributed by atoms with Crippen LogP contribution in [0.5, 0.6) is 0 Å². The molecule has 0 unspecified atom stereocenters. The summed E-state index contributed by atoms with van der Waals surface area (Å²) in [4.78, 5) is 1.96. The fourth-order valence-electron chi connectivity index (χ4n) is 2.72. The third kappa shape index (κ3) is 2.00. The van der Waals surface area contributed by atoms with E-state index >= 15 is 0 Å². The van der Waals surface area contributed by atoms with Gasteiger partial charge in [-0.2, -0.15) is 0 Å². The minimum atomic E-state index is -0.682. The van der Waals surface area contributed by atoms with Crippen molar-refractivity contribution in [2.45, 2.75) is 19.4 Å². The van der Waals surface area contributed by atoms with E-state index in [0.717, 1.165) is 18.7 Å². The van der Waals surface area contributed by atoms with E-state index in [0.29, 0.717) is 11.3 Å². The highest BCUT2D eigenvalue weighted by Gasteiger charge is 2.25. The zero-order chi connectivity index (χ0) is 13.4. The van der Waals surface area contributed by atoms with E-state index in [9.17, 15) is 9.50 Å². The predicted octanol–water partition coefficient (Wildman–Crippen LogP) is 3.57. The maximum atomic E-state index is 14.2. The van der Waals surface area contributed by atoms with Crippen LogP contribution in [0.15, 0.2) is 42.5 Å². The van der Waals surface area contributed by atoms with Gasteiger partial charge in [-0.25, -0.2) is 4.39 Å². The highest BCUT2D eigenvalue weighted by molar-refractivity contribution is 5.72. The Labute approximate surface area is 112 Å². The van der Waals surface area contributed by atoms with Crippen molar-refractivity contribution in [3.63, 3.8) is 0 Å². The van der Waals surface area contributed by atoms with E-state index in [1.165, 1.54) is 11.6 Å². The van der Waals surface area contributed by atoms with Crippen molar-refractivity contribution < 1.29 is 9.50 Å². The van der Waals surface area contributed by atoms with Gasteiger partial charge in [-0.05, 0) is 31.0 Å². The number of aliphatic hydroxyl groups is 1. The van der Waals surface area contributed by atoms with Crippen LogP contribution in [0.4, 0.5) is 15.8 Å². The average Bonchev–Trinajstić information content (AvgIpc) is 2.82. The zero-order valence-corrected chi connectivity index (χ0v) is 10.8. The molecule has 0 saturated carbocycles. The van der Waals surface area contributed by atoms with Crippen LogP contribution in [0.25, 0.3) is 0 Å². The van der Waals surface area contributed by atoms with Gasteiger partial charge in [0.05, 0.1) is 11.8 Å². The molecule has 0 aromatic heterocycles. The number of rotatable bonds is 2. The standard InChI is InChI=1S/C16H16FNO/c1-11(19)13-6-4-7-14(17)16(13)18-10-9-12-5-2-3-8-15(12)18/h2-8,11,19H,9-10H2,1H3/t11-/m0/s1. The van der Waals surface area contributed by atoms with Gasteiger partial charge in [0.15, 0.2) is 0 Å². The predicted molar refractivity (Wildman–Crippen MR) is 74.2 cm³/mol. The highest BCUT2D eigenvalue weighted by Crippen LogP contribution is 2.39. The fraction of sp³-hybridized carbons (Fsp3) is 0.250. The maximum absolute atomic E-state index is 14.2. The zero-order valence-electron chi connectivity index (χ0n) is 10.8. The Balaban J connectivity index is 2.14. The van der Waals surface area contributed by atoms with Crippen molar-refractivity contribution in [3.8, 4) is 0 Å². The number of nitrogens with zero attached hydrogens (tertiary/aromatic N) is 1. The lowest BCUT2D eigenvalue weighted by Gasteiger charge is -2.24. The first kappa shape index (κ1) is 12.2. The van der Waals surface area contributed by atoms with Crippen LogP contribution in [0.1, 0.15) is 24.2 Å². The summed E-state index contributed by atoms with van der Waals surface area (Å²) in [5, 5.41) is 9.84. The molecule has 1 aliphatic rings. The van der Waals surface area contributed by atoms with Gasteiger partial charge in [0.25, 0.3) is 0 Å². The Hall–Kier alpha value is -1.87. The lowest BCUT2D eigenvalue weighted by molar-refractivity contribution is 0.199. The number of fused-ring (bicyclic) bond motifs is 1. The molecule has 1 heterocycles. The second kappa shape index (κ2) is 4.67. The number of hydrogen-bond acceptors (Lipinski definition) is 2. The first-order valence-electron chi connectivity index (χ1n) is 6.50. The summed E-state index contributed by atoms with van der Waals surface area (Å²) in [6.07, 6.45) is 0.225. The van der Waals surface area contributed by atoms with E-state index < -0.39 is 6.10 Å². The van der Waals surface area contributed by atoms with Gasteiger partial charge >= 0.3 is 0 Å². The summed E-state index contributed by atoms with van der Waals surface area (Å²) in [7, 11) is 0. The molecule has 1 atom stereocenters. The van der Waals surface area contributed by atoms with Crippen molar-refractivity contribution >= 4 is 11.4 Å². The normalized spacial score (nSPS) is 15.4. The quantitative estimate of drug-likeness (QED) is 0.889. The molecule has 3 heteroatoms. The van der Waals surface area contributed by atoms with Crippen LogP contribution in [0.2, 0.25) is 0 Å². The monoisotopic (exact) mass is 257 g/mol. The van der Waals surface area contributed by atoms with Crippen LogP contribution in [-0.2, 0) is 6.42 Å². The van der Waals surface area contributed by atoms with Gasteiger partial charge < -0.3 is 10.0 Å². The Morgan fingerprint density at radius 1 is 1.16 bits per heavy atom. The number of halogens is 1. The molecule has 19 heavy (non-hydrogen) atoms. The van der Waals surface area contributed by atoms with Gasteiger partial charge in [-0.1, -0.05) is 30.3 Å². The molecule has 0 spiro atoms. The summed E-state index contributed by atoms with van der Waals surface area (Å²) in [6.45, 7) is 2.42. The third-order valence-electron chi connectivity index (χ3n) is 3.63. The molecular weight excluding hydrogens is 241 g/mol. The third-order valence-corrected chi connectivity index (χ3v) is 3.63. The lowest BCUT2D eigenvalue weighted by Crippen LogP contribution is -2.17. The van der Waals surface area contributed by atoms with E-state index in [1.807, 2.05) is 23.1 Å². The molecule has 1 aliphatic heterocycles. The lowest BCUT2D eigenvalue weighted by atomic mass is 10.1. The number of aliphatic hydroxyl groups excluding tert-OH is 1. The van der Waals surface area contributed by atoms with Crippen LogP contribution >= 0.6 is 0 Å². The molecule has 0 radical (unpaired) electrons. The van der Waals surface area contributed by atoms with Gasteiger partial charge in [-0.15, -0.1) is 0 Å². The SMILES string of the molecule is C[C@H](O)c1cccc(F)c1N1CCc2ccccc21. The number of hydrogen-bond donors (Lipinski definition) is 1. The Bertz CT molecular complexity index is 609. The smallest absolute Gasteiger partial charge is 0.147 e. The van der Waals surface area contributed by atoms with Crippen molar-refractivity contribution in [1.29, 1.82) is 0 Å². The number of para-hydroxylation sites is 2. The van der Waals surface area contributed by atoms with Crippen molar-refractivity contribution in [3.05, 3.63) is 59.4 Å². The van der Waals surface area contributed by atoms with Gasteiger partial charge in [0, 0.05) is 17.8 Å². The second-order valence-corrected chi connectivity index (χ2v) is 4.88. The Morgan fingerprint density at radius 2 is 1.95 bits per heavy atom. The Kier molecular flexibility index (Phi) is 2.99. The number of benzene rings is 2. The fourth-order valence-corrected chi connectivity index (χ4v) is 2.72. The van der Waals surface area contributed by atoms with E-state index in [2.05, 4.69) is 6.07 Å². The maximum Gasteiger partial charge on any atom is 0.147 e. The molecule has 0 fully saturated rings. The summed E-state index contributed by atoms with van der Waals surface area (Å²) in [6, 6.07) is 12.9. The molecule has 2 aromatic rings. The van der Waals surface area contributed by atoms with E-state index in [1.54, 1.807) is 19.1 Å². The Morgan fingerprint density at radius 3 is 2.74 bits per heavy atom. The minimum Gasteiger partial charge on any atom is -0.389 e. The topological polar surface area (TPSA) is 23.5 Å². The van der Waals surface area contributed by atoms with Crippen LogP contribution in [0.3, 0.4) is 0 Å². The van der Waals surface area contributed by atoms with Gasteiger partial charge in [0.2, 0.25) is 0 Å². The second-order valence-electron chi connectivity index (χ2n) is 4.88. The molecule has 0 saturated heterocycles. The first-order valence-corrected chi connectivity index (χ1v) is 6.50. The summed E-state index contributed by atoms with van der Waals surface area (Å²) < 4.78 is 14.2. The first-order chi connectivity index (χ1) is 9.18. The van der Waals surface area contributed by atoms with Gasteiger partial charge in [0.1, 0.15) is 5.82 Å². The summed E-state index contributed by atoms with van der Waals surface area (Å²) in [5.41, 5.74) is 3.40. The minimum absolute atomic E-state index is 0.282. The molecular formula is C16H16FNO. The van der Waals surface area contributed by atoms with E-state index in [-0.39, 0.29) is 5.82 Å². The molecule has 3 rings (SSSR count). The molecule has 98 valence electrons. The van der Waals surface area contributed by atoms with Crippen LogP contribution in [0, 0.1) is 5.82 Å². The van der Waals surface area contributed by atoms with Crippen molar-refractivity contribution in [2.24, 2.45) is 0 Å². The van der Waals surface area contributed by atoms with Gasteiger partial charge in [-0.3, -0.25) is 0 Å². The number of anilines is 2.